The van der Waals surface area contributed by atoms with Crippen molar-refractivity contribution in [2.75, 3.05) is 0 Å². The van der Waals surface area contributed by atoms with Gasteiger partial charge in [0.1, 0.15) is 0 Å². The molecule has 0 heterocycles. The molecule has 2 heteroatoms. The summed E-state index contributed by atoms with van der Waals surface area (Å²) in [6, 6.07) is 0. The molecule has 0 bridgehead atoms. The van der Waals surface area contributed by atoms with E-state index in [-0.39, 0.29) is 0 Å². The zero-order chi connectivity index (χ0) is 9.35. The van der Waals surface area contributed by atoms with E-state index < -0.39 is 8.07 Å². The highest BCUT2D eigenvalue weighted by Crippen LogP contribution is 2.35. The first-order valence-electron chi connectivity index (χ1n) is 4.59. The van der Waals surface area contributed by atoms with E-state index in [1.165, 1.54) is 5.57 Å². The van der Waals surface area contributed by atoms with Gasteiger partial charge in [-0.05, 0) is 25.0 Å². The van der Waals surface area contributed by atoms with E-state index in [4.69, 9.17) is 0 Å². The number of hydrogen-bond donors (Lipinski definition) is 0. The Morgan fingerprint density at radius 3 is 2.33 bits per heavy atom. The van der Waals surface area contributed by atoms with Crippen molar-refractivity contribution < 1.29 is 4.79 Å². The Kier molecular flexibility index (Phi) is 2.57. The topological polar surface area (TPSA) is 17.1 Å². The lowest BCUT2D eigenvalue weighted by atomic mass is 9.99. The normalized spacial score (nSPS) is 25.5. The van der Waals surface area contributed by atoms with Gasteiger partial charge in [-0.2, -0.15) is 0 Å². The Morgan fingerprint density at radius 2 is 1.92 bits per heavy atom. The fourth-order valence-electron chi connectivity index (χ4n) is 1.71. The van der Waals surface area contributed by atoms with E-state index in [0.717, 1.165) is 12.8 Å². The zero-order valence-electron chi connectivity index (χ0n) is 8.48. The molecule has 1 nitrogen and oxygen atoms in total. The Morgan fingerprint density at radius 1 is 1.33 bits per heavy atom. The molecule has 0 unspecified atom stereocenters. The molecule has 68 valence electrons. The van der Waals surface area contributed by atoms with Crippen molar-refractivity contribution in [1.29, 1.82) is 0 Å². The van der Waals surface area contributed by atoms with E-state index in [1.807, 2.05) is 6.08 Å². The largest absolute Gasteiger partial charge is 0.295 e. The predicted molar refractivity (Wildman–Crippen MR) is 55.1 cm³/mol. The molecule has 0 aliphatic heterocycles. The number of carbonyl (C=O) groups excluding carboxylic acids is 1. The summed E-state index contributed by atoms with van der Waals surface area (Å²) in [5.41, 5.74) is 1.95. The Bertz CT molecular complexity index is 222. The first kappa shape index (κ1) is 9.71. The summed E-state index contributed by atoms with van der Waals surface area (Å²) in [6.07, 6.45) is 3.77. The second-order valence-electron chi connectivity index (χ2n) is 4.93. The molecule has 0 spiro atoms. The molecule has 0 aromatic carbocycles. The molecule has 0 fully saturated rings. The fraction of sp³-hybridized carbons (Fsp3) is 0.700. The van der Waals surface area contributed by atoms with Gasteiger partial charge in [0.2, 0.25) is 0 Å². The van der Waals surface area contributed by atoms with Crippen LogP contribution in [0.5, 0.6) is 0 Å². The molecule has 0 radical (unpaired) electrons. The summed E-state index contributed by atoms with van der Waals surface area (Å²) < 4.78 is 0. The van der Waals surface area contributed by atoms with Crippen LogP contribution in [0.2, 0.25) is 25.2 Å². The van der Waals surface area contributed by atoms with E-state index in [2.05, 4.69) is 26.6 Å². The minimum Gasteiger partial charge on any atom is -0.295 e. The third kappa shape index (κ3) is 2.31. The molecule has 1 rings (SSSR count). The van der Waals surface area contributed by atoms with Gasteiger partial charge in [-0.25, -0.2) is 0 Å². The monoisotopic (exact) mass is 182 g/mol. The lowest BCUT2D eigenvalue weighted by Gasteiger charge is -2.30. The number of ketones is 1. The highest BCUT2D eigenvalue weighted by molar-refractivity contribution is 6.77. The van der Waals surface area contributed by atoms with E-state index in [0.29, 0.717) is 11.3 Å². The molecule has 0 saturated carbocycles. The smallest absolute Gasteiger partial charge is 0.155 e. The van der Waals surface area contributed by atoms with Crippen molar-refractivity contribution in [3.8, 4) is 0 Å². The van der Waals surface area contributed by atoms with Crippen LogP contribution >= 0.6 is 0 Å². The molecule has 12 heavy (non-hydrogen) atoms. The van der Waals surface area contributed by atoms with E-state index >= 15 is 0 Å². The van der Waals surface area contributed by atoms with Crippen LogP contribution in [0.3, 0.4) is 0 Å². The van der Waals surface area contributed by atoms with Gasteiger partial charge in [-0.15, -0.1) is 0 Å². The minimum atomic E-state index is -1.10. The number of carbonyl (C=O) groups is 1. The second kappa shape index (κ2) is 3.17. The summed E-state index contributed by atoms with van der Waals surface area (Å²) >= 11 is 0. The Balaban J connectivity index is 2.74. The standard InChI is InChI=1S/C10H18OSi/c1-8-5-9(11)7-10(6-8)12(2,3)4/h5,10H,6-7H2,1-4H3/t10-/m1/s1. The zero-order valence-corrected chi connectivity index (χ0v) is 9.48. The Labute approximate surface area is 75.9 Å². The van der Waals surface area contributed by atoms with Gasteiger partial charge in [-0.3, -0.25) is 4.79 Å². The molecule has 0 amide bonds. The quantitative estimate of drug-likeness (QED) is 0.570. The van der Waals surface area contributed by atoms with Crippen LogP contribution in [0.1, 0.15) is 19.8 Å². The summed E-state index contributed by atoms with van der Waals surface area (Å²) in [5.74, 6) is 0.339. The molecule has 1 aliphatic carbocycles. The highest BCUT2D eigenvalue weighted by atomic mass is 28.3. The van der Waals surface area contributed by atoms with E-state index in [9.17, 15) is 4.79 Å². The second-order valence-corrected chi connectivity index (χ2v) is 10.5. The number of allylic oxidation sites excluding steroid dienone is 2. The van der Waals surface area contributed by atoms with Gasteiger partial charge in [0.05, 0.1) is 0 Å². The average Bonchev–Trinajstić information content (AvgIpc) is 1.82. The van der Waals surface area contributed by atoms with Gasteiger partial charge in [0.25, 0.3) is 0 Å². The van der Waals surface area contributed by atoms with Crippen molar-refractivity contribution in [3.05, 3.63) is 11.6 Å². The number of hydrogen-bond acceptors (Lipinski definition) is 1. The predicted octanol–water partition coefficient (Wildman–Crippen LogP) is 3.00. The maximum absolute atomic E-state index is 11.3. The Hall–Kier alpha value is -0.373. The molecule has 0 saturated heterocycles. The summed E-state index contributed by atoms with van der Waals surface area (Å²) in [5, 5.41) is 0. The molecule has 0 aromatic rings. The fourth-order valence-corrected chi connectivity index (χ4v) is 3.46. The highest BCUT2D eigenvalue weighted by Gasteiger charge is 2.30. The summed E-state index contributed by atoms with van der Waals surface area (Å²) in [7, 11) is -1.10. The first-order chi connectivity index (χ1) is 5.39. The molecule has 0 aromatic heterocycles. The first-order valence-corrected chi connectivity index (χ1v) is 8.17. The van der Waals surface area contributed by atoms with Crippen LogP contribution in [0.25, 0.3) is 0 Å². The van der Waals surface area contributed by atoms with Gasteiger partial charge in [0.15, 0.2) is 5.78 Å². The van der Waals surface area contributed by atoms with Crippen molar-refractivity contribution in [3.63, 3.8) is 0 Å². The molecule has 1 atom stereocenters. The van der Waals surface area contributed by atoms with Crippen molar-refractivity contribution in [1.82, 2.24) is 0 Å². The lowest BCUT2D eigenvalue weighted by molar-refractivity contribution is -0.115. The van der Waals surface area contributed by atoms with Crippen molar-refractivity contribution in [2.45, 2.75) is 44.9 Å². The van der Waals surface area contributed by atoms with Crippen LogP contribution in [0.15, 0.2) is 11.6 Å². The minimum absolute atomic E-state index is 0.339. The maximum atomic E-state index is 11.3. The summed E-state index contributed by atoms with van der Waals surface area (Å²) in [4.78, 5) is 11.3. The SMILES string of the molecule is CC1=CC(=O)C[C@H]([Si](C)(C)C)C1. The van der Waals surface area contributed by atoms with Crippen molar-refractivity contribution in [2.24, 2.45) is 0 Å². The third-order valence-electron chi connectivity index (χ3n) is 2.65. The van der Waals surface area contributed by atoms with Gasteiger partial charge < -0.3 is 0 Å². The third-order valence-corrected chi connectivity index (χ3v) is 5.51. The molecular weight excluding hydrogens is 164 g/mol. The van der Waals surface area contributed by atoms with Crippen LogP contribution in [0.4, 0.5) is 0 Å². The van der Waals surface area contributed by atoms with Crippen molar-refractivity contribution >= 4 is 13.9 Å². The van der Waals surface area contributed by atoms with Gasteiger partial charge in [0, 0.05) is 14.5 Å². The summed E-state index contributed by atoms with van der Waals surface area (Å²) in [6.45, 7) is 9.13. The van der Waals surface area contributed by atoms with Crippen LogP contribution in [-0.4, -0.2) is 13.9 Å². The van der Waals surface area contributed by atoms with Gasteiger partial charge in [-0.1, -0.05) is 25.2 Å². The lowest BCUT2D eigenvalue weighted by Crippen LogP contribution is -2.31. The molecule has 1 aliphatic rings. The average molecular weight is 182 g/mol. The molecule has 0 N–H and O–H groups in total. The number of rotatable bonds is 1. The maximum Gasteiger partial charge on any atom is 0.155 e. The van der Waals surface area contributed by atoms with Crippen LogP contribution < -0.4 is 0 Å². The van der Waals surface area contributed by atoms with Crippen LogP contribution in [0, 0.1) is 0 Å². The van der Waals surface area contributed by atoms with E-state index in [1.54, 1.807) is 0 Å². The van der Waals surface area contributed by atoms with Gasteiger partial charge >= 0.3 is 0 Å². The molecular formula is C10H18OSi. The van der Waals surface area contributed by atoms with Crippen LogP contribution in [-0.2, 0) is 4.79 Å².